The average molecular weight is 298 g/mol. The van der Waals surface area contributed by atoms with Crippen LogP contribution in [0.3, 0.4) is 0 Å². The van der Waals surface area contributed by atoms with Crippen LogP contribution in [0, 0.1) is 0 Å². The van der Waals surface area contributed by atoms with Gasteiger partial charge in [-0.1, -0.05) is 0 Å². The van der Waals surface area contributed by atoms with Crippen LogP contribution in [0.15, 0.2) is 21.8 Å². The van der Waals surface area contributed by atoms with Crippen LogP contribution in [0.25, 0.3) is 0 Å². The predicted octanol–water partition coefficient (Wildman–Crippen LogP) is 1.38. The van der Waals surface area contributed by atoms with Gasteiger partial charge >= 0.3 is 0 Å². The SMILES string of the molecule is CN=C(NCCN(C)CCCOC)NCc1ccsc1. The first kappa shape index (κ1) is 16.9. The molecule has 0 saturated heterocycles. The molecular weight excluding hydrogens is 272 g/mol. The molecule has 0 saturated carbocycles. The second kappa shape index (κ2) is 10.7. The van der Waals surface area contributed by atoms with E-state index in [1.807, 2.05) is 0 Å². The van der Waals surface area contributed by atoms with Gasteiger partial charge in [0.05, 0.1) is 0 Å². The highest BCUT2D eigenvalue weighted by atomic mass is 32.1. The zero-order valence-electron chi connectivity index (χ0n) is 12.7. The van der Waals surface area contributed by atoms with Crippen LogP contribution in [0.4, 0.5) is 0 Å². The van der Waals surface area contributed by atoms with Crippen molar-refractivity contribution in [2.45, 2.75) is 13.0 Å². The average Bonchev–Trinajstić information content (AvgIpc) is 2.96. The molecule has 0 aliphatic heterocycles. The monoisotopic (exact) mass is 298 g/mol. The van der Waals surface area contributed by atoms with Gasteiger partial charge in [0.25, 0.3) is 0 Å². The minimum atomic E-state index is 0.812. The van der Waals surface area contributed by atoms with E-state index >= 15 is 0 Å². The van der Waals surface area contributed by atoms with Crippen LogP contribution in [0.2, 0.25) is 0 Å². The molecule has 0 aliphatic carbocycles. The van der Waals surface area contributed by atoms with Crippen LogP contribution in [0.1, 0.15) is 12.0 Å². The van der Waals surface area contributed by atoms with Crippen molar-refractivity contribution in [2.75, 3.05) is 47.4 Å². The second-order valence-electron chi connectivity index (χ2n) is 4.63. The number of guanidine groups is 1. The van der Waals surface area contributed by atoms with E-state index in [9.17, 15) is 0 Å². The Morgan fingerprint density at radius 3 is 2.90 bits per heavy atom. The van der Waals surface area contributed by atoms with E-state index in [4.69, 9.17) is 4.74 Å². The summed E-state index contributed by atoms with van der Waals surface area (Å²) in [6.45, 7) is 4.56. The first-order valence-electron chi connectivity index (χ1n) is 6.89. The molecule has 114 valence electrons. The molecule has 6 heteroatoms. The molecule has 0 amide bonds. The van der Waals surface area contributed by atoms with Crippen LogP contribution in [-0.2, 0) is 11.3 Å². The van der Waals surface area contributed by atoms with Crippen LogP contribution in [-0.4, -0.2) is 58.3 Å². The smallest absolute Gasteiger partial charge is 0.191 e. The summed E-state index contributed by atoms with van der Waals surface area (Å²) in [6.07, 6.45) is 1.07. The number of hydrogen-bond donors (Lipinski definition) is 2. The Morgan fingerprint density at radius 1 is 1.40 bits per heavy atom. The van der Waals surface area contributed by atoms with Gasteiger partial charge in [-0.2, -0.15) is 11.3 Å². The van der Waals surface area contributed by atoms with E-state index < -0.39 is 0 Å². The Morgan fingerprint density at radius 2 is 2.25 bits per heavy atom. The summed E-state index contributed by atoms with van der Waals surface area (Å²) in [4.78, 5) is 6.51. The molecule has 1 aromatic rings. The molecule has 0 unspecified atom stereocenters. The van der Waals surface area contributed by atoms with Crippen LogP contribution < -0.4 is 10.6 Å². The van der Waals surface area contributed by atoms with Crippen molar-refractivity contribution in [3.63, 3.8) is 0 Å². The number of methoxy groups -OCH3 is 1. The third-order valence-corrected chi connectivity index (χ3v) is 3.67. The molecule has 20 heavy (non-hydrogen) atoms. The number of nitrogens with one attached hydrogen (secondary N) is 2. The third kappa shape index (κ3) is 7.47. The van der Waals surface area contributed by atoms with Gasteiger partial charge in [-0.25, -0.2) is 0 Å². The number of ether oxygens (including phenoxy) is 1. The predicted molar refractivity (Wildman–Crippen MR) is 86.5 cm³/mol. The Hall–Kier alpha value is -1.11. The highest BCUT2D eigenvalue weighted by Gasteiger charge is 2.01. The molecule has 1 heterocycles. The van der Waals surface area contributed by atoms with Gasteiger partial charge < -0.3 is 20.3 Å². The molecule has 0 fully saturated rings. The number of hydrogen-bond acceptors (Lipinski definition) is 4. The Labute approximate surface area is 126 Å². The molecule has 2 N–H and O–H groups in total. The Balaban J connectivity index is 2.12. The van der Waals surface area contributed by atoms with Crippen molar-refractivity contribution in [1.82, 2.24) is 15.5 Å². The normalized spacial score (nSPS) is 11.9. The topological polar surface area (TPSA) is 48.9 Å². The molecule has 0 atom stereocenters. The standard InChI is InChI=1S/C14H26N4OS/c1-15-14(17-11-13-5-10-20-12-13)16-6-8-18(2)7-4-9-19-3/h5,10,12H,4,6-9,11H2,1-3H3,(H2,15,16,17). The lowest BCUT2D eigenvalue weighted by Gasteiger charge is -2.18. The maximum absolute atomic E-state index is 5.05. The highest BCUT2D eigenvalue weighted by molar-refractivity contribution is 7.07. The molecule has 1 rings (SSSR count). The minimum Gasteiger partial charge on any atom is -0.385 e. The van der Waals surface area contributed by atoms with Crippen molar-refractivity contribution in [3.05, 3.63) is 22.4 Å². The zero-order valence-corrected chi connectivity index (χ0v) is 13.5. The summed E-state index contributed by atoms with van der Waals surface area (Å²) in [6, 6.07) is 2.12. The van der Waals surface area contributed by atoms with Gasteiger partial charge in [-0.05, 0) is 35.9 Å². The maximum atomic E-state index is 5.05. The lowest BCUT2D eigenvalue weighted by atomic mass is 10.3. The van der Waals surface area contributed by atoms with Gasteiger partial charge in [0.15, 0.2) is 5.96 Å². The third-order valence-electron chi connectivity index (χ3n) is 2.94. The van der Waals surface area contributed by atoms with Crippen molar-refractivity contribution < 1.29 is 4.74 Å². The van der Waals surface area contributed by atoms with Gasteiger partial charge in [0.1, 0.15) is 0 Å². The van der Waals surface area contributed by atoms with E-state index in [1.165, 1.54) is 5.56 Å². The van der Waals surface area contributed by atoms with E-state index in [0.717, 1.165) is 45.2 Å². The summed E-state index contributed by atoms with van der Waals surface area (Å²) < 4.78 is 5.05. The molecule has 0 aliphatic rings. The van der Waals surface area contributed by atoms with Crippen LogP contribution >= 0.6 is 11.3 Å². The first-order valence-corrected chi connectivity index (χ1v) is 7.83. The lowest BCUT2D eigenvalue weighted by molar-refractivity contribution is 0.180. The summed E-state index contributed by atoms with van der Waals surface area (Å²) in [7, 11) is 5.66. The molecule has 1 aromatic heterocycles. The number of thiophene rings is 1. The zero-order chi connectivity index (χ0) is 14.6. The molecule has 0 aromatic carbocycles. The quantitative estimate of drug-likeness (QED) is 0.411. The van der Waals surface area contributed by atoms with E-state index in [2.05, 4.69) is 44.4 Å². The highest BCUT2D eigenvalue weighted by Crippen LogP contribution is 2.04. The molecule has 0 radical (unpaired) electrons. The molecule has 5 nitrogen and oxygen atoms in total. The Bertz CT molecular complexity index is 367. The summed E-state index contributed by atoms with van der Waals surface area (Å²) >= 11 is 1.71. The fourth-order valence-electron chi connectivity index (χ4n) is 1.76. The minimum absolute atomic E-state index is 0.812. The van der Waals surface area contributed by atoms with E-state index in [-0.39, 0.29) is 0 Å². The molecule has 0 bridgehead atoms. The molecular formula is C14H26N4OS. The Kier molecular flexibility index (Phi) is 9.02. The summed E-state index contributed by atoms with van der Waals surface area (Å²) in [5.74, 6) is 0.849. The second-order valence-corrected chi connectivity index (χ2v) is 5.41. The van der Waals surface area contributed by atoms with E-state index in [1.54, 1.807) is 25.5 Å². The van der Waals surface area contributed by atoms with Gasteiger partial charge in [-0.15, -0.1) is 0 Å². The number of aliphatic imine (C=N–C) groups is 1. The molecule has 0 spiro atoms. The van der Waals surface area contributed by atoms with Crippen molar-refractivity contribution in [2.24, 2.45) is 4.99 Å². The maximum Gasteiger partial charge on any atom is 0.191 e. The fourth-order valence-corrected chi connectivity index (χ4v) is 2.42. The van der Waals surface area contributed by atoms with Gasteiger partial charge in [0, 0.05) is 46.9 Å². The van der Waals surface area contributed by atoms with Crippen LogP contribution in [0.5, 0.6) is 0 Å². The van der Waals surface area contributed by atoms with E-state index in [0.29, 0.717) is 0 Å². The van der Waals surface area contributed by atoms with Gasteiger partial charge in [0.2, 0.25) is 0 Å². The van der Waals surface area contributed by atoms with Gasteiger partial charge in [-0.3, -0.25) is 4.99 Å². The lowest BCUT2D eigenvalue weighted by Crippen LogP contribution is -2.40. The largest absolute Gasteiger partial charge is 0.385 e. The number of rotatable bonds is 9. The number of likely N-dealkylation sites (N-methyl/N-ethyl adjacent to an activating group) is 1. The fraction of sp³-hybridized carbons (Fsp3) is 0.643. The van der Waals surface area contributed by atoms with Crippen molar-refractivity contribution in [3.8, 4) is 0 Å². The summed E-state index contributed by atoms with van der Waals surface area (Å²) in [5.41, 5.74) is 1.29. The van der Waals surface area contributed by atoms with Crippen molar-refractivity contribution >= 4 is 17.3 Å². The summed E-state index contributed by atoms with van der Waals surface area (Å²) in [5, 5.41) is 10.9. The first-order chi connectivity index (χ1) is 9.76. The van der Waals surface area contributed by atoms with Crippen molar-refractivity contribution in [1.29, 1.82) is 0 Å². The number of nitrogens with zero attached hydrogens (tertiary/aromatic N) is 2.